The predicted molar refractivity (Wildman–Crippen MR) is 139 cm³/mol. The van der Waals surface area contributed by atoms with Crippen molar-refractivity contribution in [3.8, 4) is 22.6 Å². The topological polar surface area (TPSA) is 106 Å². The van der Waals surface area contributed by atoms with Crippen molar-refractivity contribution in [2.45, 2.75) is 32.6 Å². The molecule has 3 aromatic heterocycles. The number of rotatable bonds is 8. The van der Waals surface area contributed by atoms with Crippen molar-refractivity contribution in [1.82, 2.24) is 4.98 Å². The minimum absolute atomic E-state index is 0.0453. The summed E-state index contributed by atoms with van der Waals surface area (Å²) < 4.78 is 17.2. The van der Waals surface area contributed by atoms with Gasteiger partial charge in [-0.2, -0.15) is 0 Å². The van der Waals surface area contributed by atoms with Gasteiger partial charge in [-0.15, -0.1) is 0 Å². The number of hydrogen-bond acceptors (Lipinski definition) is 6. The Hall–Kier alpha value is -3.91. The van der Waals surface area contributed by atoms with Crippen LogP contribution in [0.3, 0.4) is 0 Å². The number of fused-ring (bicyclic) bond motifs is 1. The van der Waals surface area contributed by atoms with E-state index < -0.39 is 5.97 Å². The molecule has 1 N–H and O–H groups in total. The van der Waals surface area contributed by atoms with E-state index >= 15 is 0 Å². The van der Waals surface area contributed by atoms with Crippen LogP contribution in [0.15, 0.2) is 63.6 Å². The summed E-state index contributed by atoms with van der Waals surface area (Å²) in [7, 11) is 1.55. The molecule has 3 heterocycles. The van der Waals surface area contributed by atoms with Gasteiger partial charge in [0.2, 0.25) is 11.8 Å². The number of aromatic nitrogens is 1. The minimum atomic E-state index is -1.15. The molecule has 1 fully saturated rings. The van der Waals surface area contributed by atoms with Crippen molar-refractivity contribution in [2.75, 3.05) is 25.2 Å². The van der Waals surface area contributed by atoms with Crippen molar-refractivity contribution in [2.24, 2.45) is 11.8 Å². The van der Waals surface area contributed by atoms with E-state index in [-0.39, 0.29) is 36.4 Å². The molecule has 0 unspecified atom stereocenters. The van der Waals surface area contributed by atoms with Crippen molar-refractivity contribution >= 4 is 28.9 Å². The molecule has 192 valence electrons. The second-order valence-corrected chi connectivity index (χ2v) is 9.65. The number of ether oxygens (including phenoxy) is 1. The van der Waals surface area contributed by atoms with Gasteiger partial charge in [0.25, 0.3) is 0 Å². The quantitative estimate of drug-likeness (QED) is 0.303. The van der Waals surface area contributed by atoms with E-state index in [4.69, 9.17) is 13.6 Å². The number of aromatic carboxylic acids is 1. The highest BCUT2D eigenvalue weighted by molar-refractivity contribution is 6.02. The van der Waals surface area contributed by atoms with Crippen LogP contribution in [0.25, 0.3) is 33.7 Å². The van der Waals surface area contributed by atoms with Crippen LogP contribution in [0.2, 0.25) is 0 Å². The summed E-state index contributed by atoms with van der Waals surface area (Å²) in [4.78, 5) is 31.4. The van der Waals surface area contributed by atoms with Gasteiger partial charge in [-0.05, 0) is 43.7 Å². The predicted octanol–water partition coefficient (Wildman–Crippen LogP) is 6.26. The minimum Gasteiger partial charge on any atom is -0.477 e. The van der Waals surface area contributed by atoms with Crippen LogP contribution < -0.4 is 4.90 Å². The molecular formula is C29H30N2O6. The molecule has 0 radical (unpaired) electrons. The third-order valence-electron chi connectivity index (χ3n) is 7.08. The standard InChI is InChI=1S/C29H30N2O6/c1-18-5-7-21(8-6-18)27(32)31(14-15-35-2)28-22(29(33)34)16-25(37-28)19-9-11-20(12-10-19)26-17-23-24(36-26)4-3-13-30-23/h3-4,9-13,16-18,21H,5-8,14-15H2,1-2H3,(H,33,34)/t18-,21-. The molecule has 1 aromatic carbocycles. The van der Waals surface area contributed by atoms with Crippen molar-refractivity contribution in [1.29, 1.82) is 0 Å². The fourth-order valence-electron chi connectivity index (χ4n) is 4.91. The molecule has 0 saturated heterocycles. The monoisotopic (exact) mass is 502 g/mol. The fraction of sp³-hybridized carbons (Fsp3) is 0.345. The first-order chi connectivity index (χ1) is 17.9. The van der Waals surface area contributed by atoms with E-state index in [1.54, 1.807) is 13.3 Å². The molecule has 1 aliphatic carbocycles. The van der Waals surface area contributed by atoms with Gasteiger partial charge in [-0.25, -0.2) is 4.79 Å². The number of amides is 1. The Morgan fingerprint density at radius 2 is 1.70 bits per heavy atom. The van der Waals surface area contributed by atoms with Crippen LogP contribution >= 0.6 is 0 Å². The fourth-order valence-corrected chi connectivity index (χ4v) is 4.91. The number of methoxy groups -OCH3 is 1. The largest absolute Gasteiger partial charge is 0.477 e. The number of furan rings is 2. The normalized spacial score (nSPS) is 17.7. The number of carbonyl (C=O) groups is 2. The lowest BCUT2D eigenvalue weighted by Crippen LogP contribution is -2.40. The molecule has 0 bridgehead atoms. The average molecular weight is 503 g/mol. The first kappa shape index (κ1) is 24.8. The first-order valence-corrected chi connectivity index (χ1v) is 12.6. The number of carbonyl (C=O) groups excluding carboxylic acids is 1. The lowest BCUT2D eigenvalue weighted by atomic mass is 9.82. The summed E-state index contributed by atoms with van der Waals surface area (Å²) in [6.07, 6.45) is 5.26. The van der Waals surface area contributed by atoms with Gasteiger partial charge >= 0.3 is 5.97 Å². The smallest absolute Gasteiger partial charge is 0.341 e. The van der Waals surface area contributed by atoms with Crippen LogP contribution in [0, 0.1) is 11.8 Å². The zero-order valence-corrected chi connectivity index (χ0v) is 21.0. The van der Waals surface area contributed by atoms with Crippen LogP contribution in [0.4, 0.5) is 5.88 Å². The van der Waals surface area contributed by atoms with Crippen molar-refractivity contribution < 1.29 is 28.3 Å². The molecule has 0 atom stereocenters. The van der Waals surface area contributed by atoms with Crippen LogP contribution in [-0.4, -0.2) is 42.2 Å². The summed E-state index contributed by atoms with van der Waals surface area (Å²) in [6.45, 7) is 2.68. The number of hydrogen-bond donors (Lipinski definition) is 1. The summed E-state index contributed by atoms with van der Waals surface area (Å²) >= 11 is 0. The van der Waals surface area contributed by atoms with Gasteiger partial charge in [0.05, 0.1) is 13.2 Å². The van der Waals surface area contributed by atoms with Gasteiger partial charge in [0.15, 0.2) is 5.58 Å². The molecule has 5 rings (SSSR count). The highest BCUT2D eigenvalue weighted by atomic mass is 16.5. The summed E-state index contributed by atoms with van der Waals surface area (Å²) in [5.74, 6) is 0.295. The zero-order chi connectivity index (χ0) is 25.9. The lowest BCUT2D eigenvalue weighted by Gasteiger charge is -2.30. The molecular weight excluding hydrogens is 472 g/mol. The number of pyridine rings is 1. The maximum absolute atomic E-state index is 13.5. The maximum Gasteiger partial charge on any atom is 0.341 e. The Kier molecular flexibility index (Phi) is 7.10. The summed E-state index contributed by atoms with van der Waals surface area (Å²) in [5.41, 5.74) is 2.98. The average Bonchev–Trinajstić information content (AvgIpc) is 3.55. The Morgan fingerprint density at radius 3 is 2.32 bits per heavy atom. The Morgan fingerprint density at radius 1 is 1.03 bits per heavy atom. The Balaban J connectivity index is 1.45. The summed E-state index contributed by atoms with van der Waals surface area (Å²) in [6, 6.07) is 14.5. The SMILES string of the molecule is COCCN(c1oc(-c2ccc(-c3cc4ncccc4o3)cc2)cc1C(=O)O)C(=O)[C@H]1CC[C@H](C)CC1. The number of carboxylic acid groups (broad SMARTS) is 1. The molecule has 0 spiro atoms. The second-order valence-electron chi connectivity index (χ2n) is 9.65. The van der Waals surface area contributed by atoms with Crippen LogP contribution in [0.5, 0.6) is 0 Å². The van der Waals surface area contributed by atoms with E-state index in [1.165, 1.54) is 11.0 Å². The van der Waals surface area contributed by atoms with Gasteiger partial charge < -0.3 is 18.7 Å². The lowest BCUT2D eigenvalue weighted by molar-refractivity contribution is -0.123. The molecule has 1 amide bonds. The molecule has 1 aliphatic rings. The third-order valence-corrected chi connectivity index (χ3v) is 7.08. The number of anilines is 1. The van der Waals surface area contributed by atoms with Gasteiger partial charge in [0.1, 0.15) is 22.6 Å². The van der Waals surface area contributed by atoms with Gasteiger partial charge in [-0.3, -0.25) is 14.7 Å². The van der Waals surface area contributed by atoms with Gasteiger partial charge in [-0.1, -0.05) is 31.2 Å². The van der Waals surface area contributed by atoms with E-state index in [2.05, 4.69) is 11.9 Å². The highest BCUT2D eigenvalue weighted by Gasteiger charge is 2.33. The highest BCUT2D eigenvalue weighted by Crippen LogP contribution is 2.36. The molecule has 37 heavy (non-hydrogen) atoms. The zero-order valence-electron chi connectivity index (χ0n) is 21.0. The number of carboxylic acids is 1. The maximum atomic E-state index is 13.5. The van der Waals surface area contributed by atoms with Crippen molar-refractivity contribution in [3.63, 3.8) is 0 Å². The van der Waals surface area contributed by atoms with Crippen LogP contribution in [0.1, 0.15) is 43.0 Å². The molecule has 8 heteroatoms. The number of nitrogens with zero attached hydrogens (tertiary/aromatic N) is 2. The van der Waals surface area contributed by atoms with E-state index in [0.717, 1.165) is 36.8 Å². The molecule has 4 aromatic rings. The summed E-state index contributed by atoms with van der Waals surface area (Å²) in [5, 5.41) is 9.94. The number of benzene rings is 1. The Labute approximate surface area is 214 Å². The van der Waals surface area contributed by atoms with E-state index in [9.17, 15) is 14.7 Å². The van der Waals surface area contributed by atoms with Crippen molar-refractivity contribution in [3.05, 3.63) is 60.3 Å². The first-order valence-electron chi connectivity index (χ1n) is 12.6. The molecule has 0 aliphatic heterocycles. The third kappa shape index (κ3) is 5.15. The van der Waals surface area contributed by atoms with E-state index in [0.29, 0.717) is 28.6 Å². The second kappa shape index (κ2) is 10.6. The van der Waals surface area contributed by atoms with Crippen LogP contribution in [-0.2, 0) is 9.53 Å². The van der Waals surface area contributed by atoms with Gasteiger partial charge in [0, 0.05) is 42.5 Å². The Bertz CT molecular complexity index is 1360. The molecule has 8 nitrogen and oxygen atoms in total. The van der Waals surface area contributed by atoms with E-state index in [1.807, 2.05) is 42.5 Å². The molecule has 1 saturated carbocycles.